The van der Waals surface area contributed by atoms with Crippen LogP contribution in [0.15, 0.2) is 23.1 Å². The van der Waals surface area contributed by atoms with Gasteiger partial charge in [0.1, 0.15) is 0 Å². The summed E-state index contributed by atoms with van der Waals surface area (Å²) in [6, 6.07) is 3.74. The Morgan fingerprint density at radius 1 is 1.32 bits per heavy atom. The lowest BCUT2D eigenvalue weighted by atomic mass is 10.2. The molecule has 1 fully saturated rings. The van der Waals surface area contributed by atoms with Crippen molar-refractivity contribution in [3.05, 3.63) is 33.9 Å². The van der Waals surface area contributed by atoms with E-state index < -0.39 is 23.4 Å². The van der Waals surface area contributed by atoms with E-state index in [4.69, 9.17) is 15.2 Å². The minimum Gasteiger partial charge on any atom is -0.455 e. The highest BCUT2D eigenvalue weighted by atomic mass is 32.2. The summed E-state index contributed by atoms with van der Waals surface area (Å²) < 4.78 is 10.5. The van der Waals surface area contributed by atoms with E-state index >= 15 is 0 Å². The normalized spacial score (nSPS) is 19.1. The molecule has 0 spiro atoms. The fourth-order valence-electron chi connectivity index (χ4n) is 2.73. The first kappa shape index (κ1) is 21.6. The molecule has 2 amide bonds. The highest BCUT2D eigenvalue weighted by Crippen LogP contribution is 2.30. The van der Waals surface area contributed by atoms with Crippen LogP contribution in [0.2, 0.25) is 0 Å². The van der Waals surface area contributed by atoms with E-state index in [9.17, 15) is 24.5 Å². The van der Waals surface area contributed by atoms with Crippen LogP contribution in [0.5, 0.6) is 0 Å². The molecule has 2 N–H and O–H groups in total. The summed E-state index contributed by atoms with van der Waals surface area (Å²) in [6.45, 7) is 4.16. The van der Waals surface area contributed by atoms with Crippen LogP contribution in [0.25, 0.3) is 0 Å². The number of thioether (sulfide) groups is 1. The number of hydrogen-bond acceptors (Lipinski definition) is 8. The van der Waals surface area contributed by atoms with Gasteiger partial charge in [-0.15, -0.1) is 11.8 Å². The molecular weight excluding hydrogens is 390 g/mol. The molecule has 1 aromatic rings. The number of morpholine rings is 1. The number of rotatable bonds is 7. The fourth-order valence-corrected chi connectivity index (χ4v) is 3.53. The highest BCUT2D eigenvalue weighted by Gasteiger charge is 2.26. The Balaban J connectivity index is 1.88. The Labute approximate surface area is 165 Å². The molecule has 0 bridgehead atoms. The van der Waals surface area contributed by atoms with Crippen molar-refractivity contribution < 1.29 is 28.8 Å². The van der Waals surface area contributed by atoms with Gasteiger partial charge in [0.15, 0.2) is 6.61 Å². The van der Waals surface area contributed by atoms with Gasteiger partial charge in [0.2, 0.25) is 5.91 Å². The molecule has 1 aliphatic rings. The molecular formula is C17H21N3O7S. The molecule has 1 saturated heterocycles. The summed E-state index contributed by atoms with van der Waals surface area (Å²) >= 11 is 0.879. The first-order valence-electron chi connectivity index (χ1n) is 8.47. The molecule has 0 unspecified atom stereocenters. The molecule has 10 nitrogen and oxygen atoms in total. The number of nitrogens with zero attached hydrogens (tertiary/aromatic N) is 2. The molecule has 1 aliphatic heterocycles. The summed E-state index contributed by atoms with van der Waals surface area (Å²) in [6.07, 6.45) is -0.189. The van der Waals surface area contributed by atoms with Crippen molar-refractivity contribution in [1.29, 1.82) is 0 Å². The van der Waals surface area contributed by atoms with E-state index in [0.717, 1.165) is 17.8 Å². The van der Waals surface area contributed by atoms with Gasteiger partial charge in [-0.3, -0.25) is 24.5 Å². The molecule has 0 aliphatic carbocycles. The van der Waals surface area contributed by atoms with E-state index in [1.165, 1.54) is 12.1 Å². The molecule has 1 heterocycles. The summed E-state index contributed by atoms with van der Waals surface area (Å²) in [5.74, 6) is -2.01. The van der Waals surface area contributed by atoms with Crippen LogP contribution < -0.4 is 5.73 Å². The van der Waals surface area contributed by atoms with Crippen molar-refractivity contribution in [2.24, 2.45) is 5.73 Å². The lowest BCUT2D eigenvalue weighted by Crippen LogP contribution is -2.49. The van der Waals surface area contributed by atoms with Gasteiger partial charge in [0.05, 0.1) is 27.8 Å². The second kappa shape index (κ2) is 9.51. The Morgan fingerprint density at radius 3 is 2.54 bits per heavy atom. The van der Waals surface area contributed by atoms with Crippen molar-refractivity contribution >= 4 is 35.2 Å². The SMILES string of the molecule is C[C@@H]1CN(C(=O)COC(=O)CSc2ccc(C(N)=O)cc2[N+](=O)[O-])C[C@H](C)O1. The average Bonchev–Trinajstić information content (AvgIpc) is 2.63. The number of amides is 2. The summed E-state index contributed by atoms with van der Waals surface area (Å²) in [4.78, 5) is 47.5. The van der Waals surface area contributed by atoms with Gasteiger partial charge < -0.3 is 20.1 Å². The van der Waals surface area contributed by atoms with Crippen molar-refractivity contribution in [1.82, 2.24) is 4.90 Å². The third-order valence-corrected chi connectivity index (χ3v) is 4.95. The zero-order valence-corrected chi connectivity index (χ0v) is 16.3. The molecule has 0 aromatic heterocycles. The zero-order valence-electron chi connectivity index (χ0n) is 15.5. The van der Waals surface area contributed by atoms with Gasteiger partial charge >= 0.3 is 5.97 Å². The van der Waals surface area contributed by atoms with E-state index in [-0.39, 0.29) is 40.0 Å². The lowest BCUT2D eigenvalue weighted by Gasteiger charge is -2.35. The van der Waals surface area contributed by atoms with Gasteiger partial charge in [0, 0.05) is 24.7 Å². The molecule has 1 aromatic carbocycles. The number of carbonyl (C=O) groups excluding carboxylic acids is 3. The molecule has 11 heteroatoms. The van der Waals surface area contributed by atoms with Crippen LogP contribution in [-0.2, 0) is 19.1 Å². The second-order valence-corrected chi connectivity index (χ2v) is 7.33. The van der Waals surface area contributed by atoms with Crippen molar-refractivity contribution in [3.63, 3.8) is 0 Å². The molecule has 0 radical (unpaired) electrons. The molecule has 0 saturated carbocycles. The van der Waals surface area contributed by atoms with Gasteiger partial charge in [-0.1, -0.05) is 0 Å². The third-order valence-electron chi connectivity index (χ3n) is 3.91. The third kappa shape index (κ3) is 5.92. The summed E-state index contributed by atoms with van der Waals surface area (Å²) in [7, 11) is 0. The number of nitro groups is 1. The minimum atomic E-state index is -0.788. The van der Waals surface area contributed by atoms with Crippen LogP contribution in [-0.4, -0.2) is 65.3 Å². The van der Waals surface area contributed by atoms with E-state index in [2.05, 4.69) is 0 Å². The van der Waals surface area contributed by atoms with Crippen molar-refractivity contribution in [2.75, 3.05) is 25.4 Å². The van der Waals surface area contributed by atoms with Crippen LogP contribution in [0, 0.1) is 10.1 Å². The van der Waals surface area contributed by atoms with E-state index in [0.29, 0.717) is 13.1 Å². The number of nitro benzene ring substituents is 1. The molecule has 152 valence electrons. The first-order chi connectivity index (χ1) is 13.2. The standard InChI is InChI=1S/C17H21N3O7S/c1-10-6-19(7-11(2)27-10)15(21)8-26-16(22)9-28-14-4-3-12(17(18)23)5-13(14)20(24)25/h3-5,10-11H,6-9H2,1-2H3,(H2,18,23)/t10-,11+. The van der Waals surface area contributed by atoms with Gasteiger partial charge in [0.25, 0.3) is 11.6 Å². The summed E-state index contributed by atoms with van der Waals surface area (Å²) in [5.41, 5.74) is 4.78. The monoisotopic (exact) mass is 411 g/mol. The minimum absolute atomic E-state index is 0.00167. The van der Waals surface area contributed by atoms with Gasteiger partial charge in [-0.25, -0.2) is 0 Å². The predicted molar refractivity (Wildman–Crippen MR) is 99.9 cm³/mol. The van der Waals surface area contributed by atoms with Crippen molar-refractivity contribution in [3.8, 4) is 0 Å². The number of benzene rings is 1. The summed E-state index contributed by atoms with van der Waals surface area (Å²) in [5, 5.41) is 11.1. The van der Waals surface area contributed by atoms with Crippen LogP contribution in [0.4, 0.5) is 5.69 Å². The van der Waals surface area contributed by atoms with E-state index in [1.807, 2.05) is 13.8 Å². The van der Waals surface area contributed by atoms with Gasteiger partial charge in [-0.05, 0) is 26.0 Å². The molecule has 2 atom stereocenters. The zero-order chi connectivity index (χ0) is 20.8. The van der Waals surface area contributed by atoms with Crippen LogP contribution in [0.3, 0.4) is 0 Å². The van der Waals surface area contributed by atoms with Crippen molar-refractivity contribution in [2.45, 2.75) is 31.0 Å². The number of primary amides is 1. The smallest absolute Gasteiger partial charge is 0.316 e. The largest absolute Gasteiger partial charge is 0.455 e. The predicted octanol–water partition coefficient (Wildman–Crippen LogP) is 0.965. The number of esters is 1. The molecule has 28 heavy (non-hydrogen) atoms. The Morgan fingerprint density at radius 2 is 1.96 bits per heavy atom. The first-order valence-corrected chi connectivity index (χ1v) is 9.45. The van der Waals surface area contributed by atoms with Crippen LogP contribution >= 0.6 is 11.8 Å². The number of hydrogen-bond donors (Lipinski definition) is 1. The van der Waals surface area contributed by atoms with Crippen LogP contribution in [0.1, 0.15) is 24.2 Å². The Bertz CT molecular complexity index is 776. The quantitative estimate of drug-likeness (QED) is 0.303. The van der Waals surface area contributed by atoms with E-state index in [1.54, 1.807) is 4.90 Å². The number of carbonyl (C=O) groups is 3. The maximum atomic E-state index is 12.2. The van der Waals surface area contributed by atoms with Gasteiger partial charge in [-0.2, -0.15) is 0 Å². The maximum absolute atomic E-state index is 12.2. The second-order valence-electron chi connectivity index (χ2n) is 6.31. The molecule has 2 rings (SSSR count). The lowest BCUT2D eigenvalue weighted by molar-refractivity contribution is -0.387. The average molecular weight is 411 g/mol. The fraction of sp³-hybridized carbons (Fsp3) is 0.471. The highest BCUT2D eigenvalue weighted by molar-refractivity contribution is 8.00. The number of ether oxygens (including phenoxy) is 2. The Kier molecular flexibility index (Phi) is 7.35. The Hall–Kier alpha value is -2.66. The maximum Gasteiger partial charge on any atom is 0.316 e. The topological polar surface area (TPSA) is 142 Å². The number of nitrogens with two attached hydrogens (primary N) is 1.